The lowest BCUT2D eigenvalue weighted by atomic mass is 10.1. The quantitative estimate of drug-likeness (QED) is 0.787. The van der Waals surface area contributed by atoms with Gasteiger partial charge in [0, 0.05) is 13.6 Å². The molecule has 0 saturated carbocycles. The number of amides is 2. The lowest BCUT2D eigenvalue weighted by Gasteiger charge is -2.23. The number of benzene rings is 1. The van der Waals surface area contributed by atoms with Crippen LogP contribution in [0, 0.1) is 0 Å². The Hall–Kier alpha value is -1.88. The Bertz CT molecular complexity index is 406. The summed E-state index contributed by atoms with van der Waals surface area (Å²) in [6.45, 7) is 2.30. The minimum Gasteiger partial charge on any atom is -0.358 e. The van der Waals surface area contributed by atoms with Crippen molar-refractivity contribution < 1.29 is 9.59 Å². The van der Waals surface area contributed by atoms with Crippen LogP contribution in [-0.4, -0.2) is 36.9 Å². The SMILES string of the molecule is CCN(CC(=O)NC)C(=O)C(N)c1ccccc1. The summed E-state index contributed by atoms with van der Waals surface area (Å²) in [5.41, 5.74) is 6.66. The molecule has 3 N–H and O–H groups in total. The number of carbonyl (C=O) groups is 2. The Balaban J connectivity index is 2.75. The Labute approximate surface area is 107 Å². The average molecular weight is 249 g/mol. The third-order valence-electron chi connectivity index (χ3n) is 2.73. The van der Waals surface area contributed by atoms with Crippen LogP contribution in [-0.2, 0) is 9.59 Å². The van der Waals surface area contributed by atoms with Crippen LogP contribution in [0.15, 0.2) is 30.3 Å². The van der Waals surface area contributed by atoms with E-state index in [0.29, 0.717) is 6.54 Å². The van der Waals surface area contributed by atoms with Gasteiger partial charge in [-0.1, -0.05) is 30.3 Å². The van der Waals surface area contributed by atoms with E-state index in [0.717, 1.165) is 5.56 Å². The molecule has 1 aromatic carbocycles. The van der Waals surface area contributed by atoms with Crippen molar-refractivity contribution in [3.05, 3.63) is 35.9 Å². The van der Waals surface area contributed by atoms with Crippen LogP contribution in [0.2, 0.25) is 0 Å². The van der Waals surface area contributed by atoms with Crippen molar-refractivity contribution in [2.45, 2.75) is 13.0 Å². The van der Waals surface area contributed by atoms with Crippen LogP contribution in [0.5, 0.6) is 0 Å². The molecule has 0 aliphatic rings. The van der Waals surface area contributed by atoms with Gasteiger partial charge in [0.2, 0.25) is 11.8 Å². The number of likely N-dealkylation sites (N-methyl/N-ethyl adjacent to an activating group) is 2. The number of hydrogen-bond donors (Lipinski definition) is 2. The lowest BCUT2D eigenvalue weighted by Crippen LogP contribution is -2.43. The van der Waals surface area contributed by atoms with E-state index >= 15 is 0 Å². The van der Waals surface area contributed by atoms with Crippen molar-refractivity contribution in [2.75, 3.05) is 20.1 Å². The van der Waals surface area contributed by atoms with Gasteiger partial charge in [-0.05, 0) is 12.5 Å². The molecule has 1 rings (SSSR count). The molecule has 2 amide bonds. The van der Waals surface area contributed by atoms with Crippen molar-refractivity contribution in [3.63, 3.8) is 0 Å². The highest BCUT2D eigenvalue weighted by Gasteiger charge is 2.22. The second-order valence-electron chi connectivity index (χ2n) is 3.91. The zero-order valence-corrected chi connectivity index (χ0v) is 10.7. The molecule has 1 atom stereocenters. The molecule has 0 fully saturated rings. The van der Waals surface area contributed by atoms with Crippen molar-refractivity contribution in [3.8, 4) is 0 Å². The van der Waals surface area contributed by atoms with Crippen molar-refractivity contribution in [2.24, 2.45) is 5.73 Å². The van der Waals surface area contributed by atoms with Gasteiger partial charge in [-0.15, -0.1) is 0 Å². The maximum absolute atomic E-state index is 12.1. The summed E-state index contributed by atoms with van der Waals surface area (Å²) in [5, 5.41) is 2.49. The van der Waals surface area contributed by atoms with Crippen LogP contribution in [0.1, 0.15) is 18.5 Å². The molecule has 0 aromatic heterocycles. The largest absolute Gasteiger partial charge is 0.358 e. The molecular weight excluding hydrogens is 230 g/mol. The first-order valence-corrected chi connectivity index (χ1v) is 5.90. The maximum Gasteiger partial charge on any atom is 0.244 e. The van der Waals surface area contributed by atoms with Gasteiger partial charge in [-0.25, -0.2) is 0 Å². The molecule has 98 valence electrons. The first kappa shape index (κ1) is 14.2. The molecule has 1 aromatic rings. The number of nitrogens with zero attached hydrogens (tertiary/aromatic N) is 1. The van der Waals surface area contributed by atoms with Gasteiger partial charge in [-0.3, -0.25) is 9.59 Å². The molecule has 0 heterocycles. The number of nitrogens with two attached hydrogens (primary N) is 1. The molecule has 0 aliphatic carbocycles. The van der Waals surface area contributed by atoms with E-state index in [1.54, 1.807) is 12.1 Å². The fourth-order valence-electron chi connectivity index (χ4n) is 1.60. The molecular formula is C13H19N3O2. The van der Waals surface area contributed by atoms with Crippen molar-refractivity contribution in [1.29, 1.82) is 0 Å². The van der Waals surface area contributed by atoms with Crippen molar-refractivity contribution in [1.82, 2.24) is 10.2 Å². The highest BCUT2D eigenvalue weighted by molar-refractivity contribution is 5.88. The average Bonchev–Trinajstić information content (AvgIpc) is 2.43. The zero-order valence-electron chi connectivity index (χ0n) is 10.7. The fourth-order valence-corrected chi connectivity index (χ4v) is 1.60. The van der Waals surface area contributed by atoms with Gasteiger partial charge in [0.05, 0.1) is 6.54 Å². The summed E-state index contributed by atoms with van der Waals surface area (Å²) in [6.07, 6.45) is 0. The van der Waals surface area contributed by atoms with E-state index in [1.807, 2.05) is 25.1 Å². The third-order valence-corrected chi connectivity index (χ3v) is 2.73. The van der Waals surface area contributed by atoms with Crippen LogP contribution in [0.3, 0.4) is 0 Å². The Morgan fingerprint density at radius 1 is 1.33 bits per heavy atom. The smallest absolute Gasteiger partial charge is 0.244 e. The van der Waals surface area contributed by atoms with E-state index in [1.165, 1.54) is 11.9 Å². The molecule has 5 nitrogen and oxygen atoms in total. The van der Waals surface area contributed by atoms with Gasteiger partial charge in [0.1, 0.15) is 6.04 Å². The van der Waals surface area contributed by atoms with E-state index < -0.39 is 6.04 Å². The topological polar surface area (TPSA) is 75.4 Å². The van der Waals surface area contributed by atoms with E-state index in [-0.39, 0.29) is 18.4 Å². The Morgan fingerprint density at radius 2 is 1.94 bits per heavy atom. The molecule has 0 aliphatic heterocycles. The lowest BCUT2D eigenvalue weighted by molar-refractivity contribution is -0.136. The Kier molecular flexibility index (Phi) is 5.32. The number of hydrogen-bond acceptors (Lipinski definition) is 3. The predicted molar refractivity (Wildman–Crippen MR) is 69.7 cm³/mol. The third kappa shape index (κ3) is 3.56. The first-order chi connectivity index (χ1) is 8.60. The monoisotopic (exact) mass is 249 g/mol. The number of carbonyl (C=O) groups excluding carboxylic acids is 2. The van der Waals surface area contributed by atoms with Crippen LogP contribution < -0.4 is 11.1 Å². The van der Waals surface area contributed by atoms with Gasteiger partial charge < -0.3 is 16.0 Å². The Morgan fingerprint density at radius 3 is 2.44 bits per heavy atom. The van der Waals surface area contributed by atoms with Gasteiger partial charge in [0.25, 0.3) is 0 Å². The van der Waals surface area contributed by atoms with Crippen LogP contribution >= 0.6 is 0 Å². The van der Waals surface area contributed by atoms with Gasteiger partial charge in [0.15, 0.2) is 0 Å². The normalized spacial score (nSPS) is 11.7. The molecule has 5 heteroatoms. The fraction of sp³-hybridized carbons (Fsp3) is 0.385. The minimum absolute atomic E-state index is 0.0341. The molecule has 18 heavy (non-hydrogen) atoms. The van der Waals surface area contributed by atoms with Gasteiger partial charge >= 0.3 is 0 Å². The summed E-state index contributed by atoms with van der Waals surface area (Å²) in [5.74, 6) is -0.447. The van der Waals surface area contributed by atoms with Crippen LogP contribution in [0.25, 0.3) is 0 Å². The van der Waals surface area contributed by atoms with E-state index in [9.17, 15) is 9.59 Å². The van der Waals surface area contributed by atoms with E-state index in [4.69, 9.17) is 5.73 Å². The molecule has 0 spiro atoms. The summed E-state index contributed by atoms with van der Waals surface area (Å²) >= 11 is 0. The first-order valence-electron chi connectivity index (χ1n) is 5.90. The number of rotatable bonds is 5. The number of nitrogens with one attached hydrogen (secondary N) is 1. The molecule has 1 unspecified atom stereocenters. The minimum atomic E-state index is -0.726. The second-order valence-corrected chi connectivity index (χ2v) is 3.91. The summed E-state index contributed by atoms with van der Waals surface area (Å²) in [6, 6.07) is 8.40. The molecule has 0 radical (unpaired) electrons. The zero-order chi connectivity index (χ0) is 13.5. The highest BCUT2D eigenvalue weighted by atomic mass is 16.2. The predicted octanol–water partition coefficient (Wildman–Crippen LogP) is 0.281. The maximum atomic E-state index is 12.1. The molecule has 0 saturated heterocycles. The highest BCUT2D eigenvalue weighted by Crippen LogP contribution is 2.12. The standard InChI is InChI=1S/C13H19N3O2/c1-3-16(9-11(17)15-2)13(18)12(14)10-7-5-4-6-8-10/h4-8,12H,3,9,14H2,1-2H3,(H,15,17). The summed E-state index contributed by atoms with van der Waals surface area (Å²) in [4.78, 5) is 24.9. The summed E-state index contributed by atoms with van der Waals surface area (Å²) < 4.78 is 0. The van der Waals surface area contributed by atoms with E-state index in [2.05, 4.69) is 5.32 Å². The van der Waals surface area contributed by atoms with Gasteiger partial charge in [-0.2, -0.15) is 0 Å². The second kappa shape index (κ2) is 6.76. The van der Waals surface area contributed by atoms with Crippen LogP contribution in [0.4, 0.5) is 0 Å². The van der Waals surface area contributed by atoms with Crippen molar-refractivity contribution >= 4 is 11.8 Å². The molecule has 0 bridgehead atoms. The summed E-state index contributed by atoms with van der Waals surface area (Å²) in [7, 11) is 1.54.